The maximum Gasteiger partial charge on any atom is 0.192 e. The predicted molar refractivity (Wildman–Crippen MR) is 174 cm³/mol. The van der Waals surface area contributed by atoms with Gasteiger partial charge in [0.1, 0.15) is 6.10 Å². The molecule has 3 aliphatic rings. The third kappa shape index (κ3) is 5.95. The lowest BCUT2D eigenvalue weighted by Gasteiger charge is -2.45. The Balaban J connectivity index is 1.72. The van der Waals surface area contributed by atoms with E-state index in [1.54, 1.807) is 0 Å². The van der Waals surface area contributed by atoms with Gasteiger partial charge in [-0.05, 0) is 71.0 Å². The standard InChI is InChI=1S/C36H53NO4Si/c1-23(2)32-31(33(38)25-11-13-26(14-12-25)36(8)21-40-22-36)29(24-15-17-39-18-16-24)30-27(37-32)19-35(6,7)20-28(30)41-42(9,10)34(3,4)5/h11-15,23,28,33,38H,16-22H2,1-10H3/t28-,33?/m0/s1. The van der Waals surface area contributed by atoms with Gasteiger partial charge in [0.2, 0.25) is 0 Å². The Hall–Kier alpha value is -1.83. The van der Waals surface area contributed by atoms with Gasteiger partial charge in [0.15, 0.2) is 8.32 Å². The SMILES string of the molecule is CC(C)c1nc2c(c(C3=CCOCC3)c1C(O)c1ccc(C3(C)COC3)cc1)[C@@H](O[Si](C)(C)C(C)(C)C)CC(C)(C)C2. The number of aliphatic hydroxyl groups is 1. The number of hydrogen-bond donors (Lipinski definition) is 1. The average molecular weight is 592 g/mol. The molecule has 0 bridgehead atoms. The maximum absolute atomic E-state index is 12.3. The van der Waals surface area contributed by atoms with E-state index in [0.717, 1.165) is 55.0 Å². The van der Waals surface area contributed by atoms with Crippen LogP contribution in [0.3, 0.4) is 0 Å². The molecule has 5 nitrogen and oxygen atoms in total. The molecule has 1 aromatic heterocycles. The second kappa shape index (κ2) is 11.3. The van der Waals surface area contributed by atoms with E-state index in [-0.39, 0.29) is 27.9 Å². The first-order valence-corrected chi connectivity index (χ1v) is 18.8. The van der Waals surface area contributed by atoms with E-state index in [1.165, 1.54) is 22.3 Å². The van der Waals surface area contributed by atoms with Crippen LogP contribution >= 0.6 is 0 Å². The van der Waals surface area contributed by atoms with Crippen LogP contribution in [0.1, 0.15) is 126 Å². The van der Waals surface area contributed by atoms with Crippen LogP contribution in [0.4, 0.5) is 0 Å². The summed E-state index contributed by atoms with van der Waals surface area (Å²) >= 11 is 0. The highest BCUT2D eigenvalue weighted by Gasteiger charge is 2.45. The second-order valence-corrected chi connectivity index (χ2v) is 20.6. The van der Waals surface area contributed by atoms with Crippen LogP contribution in [0, 0.1) is 5.41 Å². The molecule has 6 heteroatoms. The highest BCUT2D eigenvalue weighted by Crippen LogP contribution is 2.51. The lowest BCUT2D eigenvalue weighted by molar-refractivity contribution is -0.0500. The molecule has 1 unspecified atom stereocenters. The average Bonchev–Trinajstić information content (AvgIpc) is 2.89. The zero-order valence-electron chi connectivity index (χ0n) is 27.7. The topological polar surface area (TPSA) is 60.8 Å². The summed E-state index contributed by atoms with van der Waals surface area (Å²) in [6.07, 6.45) is 4.04. The van der Waals surface area contributed by atoms with Crippen LogP contribution in [0.2, 0.25) is 18.1 Å². The first-order chi connectivity index (χ1) is 19.5. The summed E-state index contributed by atoms with van der Waals surface area (Å²) in [5, 5.41) is 12.4. The van der Waals surface area contributed by atoms with E-state index in [9.17, 15) is 5.11 Å². The van der Waals surface area contributed by atoms with Crippen LogP contribution in [0.25, 0.3) is 5.57 Å². The van der Waals surface area contributed by atoms with Crippen molar-refractivity contribution < 1.29 is 19.0 Å². The van der Waals surface area contributed by atoms with Crippen LogP contribution < -0.4 is 0 Å². The van der Waals surface area contributed by atoms with Gasteiger partial charge in [-0.25, -0.2) is 0 Å². The van der Waals surface area contributed by atoms with Gasteiger partial charge in [0.25, 0.3) is 0 Å². The van der Waals surface area contributed by atoms with Crippen molar-refractivity contribution in [1.29, 1.82) is 0 Å². The first kappa shape index (κ1) is 31.6. The Bertz CT molecular complexity index is 1330. The van der Waals surface area contributed by atoms with Crippen LogP contribution in [0.5, 0.6) is 0 Å². The molecule has 1 fully saturated rings. The Morgan fingerprint density at radius 2 is 1.71 bits per heavy atom. The van der Waals surface area contributed by atoms with Crippen molar-refractivity contribution in [3.63, 3.8) is 0 Å². The van der Waals surface area contributed by atoms with Crippen LogP contribution in [0.15, 0.2) is 30.3 Å². The van der Waals surface area contributed by atoms with Crippen molar-refractivity contribution in [2.24, 2.45) is 5.41 Å². The number of aromatic nitrogens is 1. The van der Waals surface area contributed by atoms with Gasteiger partial charge in [-0.1, -0.05) is 85.7 Å². The Labute approximate surface area is 255 Å². The van der Waals surface area contributed by atoms with Gasteiger partial charge in [-0.15, -0.1) is 0 Å². The number of ether oxygens (including phenoxy) is 2. The monoisotopic (exact) mass is 591 g/mol. The Morgan fingerprint density at radius 3 is 2.24 bits per heavy atom. The summed E-state index contributed by atoms with van der Waals surface area (Å²) in [5.74, 6) is 0.161. The first-order valence-electron chi connectivity index (χ1n) is 15.9. The zero-order chi connectivity index (χ0) is 30.7. The van der Waals surface area contributed by atoms with Crippen molar-refractivity contribution in [2.45, 2.75) is 116 Å². The second-order valence-electron chi connectivity index (χ2n) is 15.8. The molecule has 3 heterocycles. The summed E-state index contributed by atoms with van der Waals surface area (Å²) in [4.78, 5) is 5.43. The number of fused-ring (bicyclic) bond motifs is 1. The number of hydrogen-bond acceptors (Lipinski definition) is 5. The molecule has 2 atom stereocenters. The summed E-state index contributed by atoms with van der Waals surface area (Å²) in [5.41, 5.74) is 9.01. The number of nitrogens with zero attached hydrogens (tertiary/aromatic N) is 1. The molecule has 42 heavy (non-hydrogen) atoms. The molecule has 5 rings (SSSR count). The van der Waals surface area contributed by atoms with E-state index in [2.05, 4.69) is 98.8 Å². The van der Waals surface area contributed by atoms with Crippen molar-refractivity contribution in [1.82, 2.24) is 4.98 Å². The summed E-state index contributed by atoms with van der Waals surface area (Å²) in [7, 11) is -2.11. The molecule has 230 valence electrons. The smallest absolute Gasteiger partial charge is 0.192 e. The molecular formula is C36H53NO4Si. The van der Waals surface area contributed by atoms with Crippen molar-refractivity contribution in [3.05, 3.63) is 69.5 Å². The molecule has 0 saturated carbocycles. The van der Waals surface area contributed by atoms with Crippen LogP contribution in [-0.2, 0) is 25.7 Å². The highest BCUT2D eigenvalue weighted by atomic mass is 28.4. The molecule has 2 aliphatic heterocycles. The quantitative estimate of drug-likeness (QED) is 0.328. The fourth-order valence-electron chi connectivity index (χ4n) is 6.55. The molecule has 0 radical (unpaired) electrons. The Kier molecular flexibility index (Phi) is 8.47. The molecule has 1 aliphatic carbocycles. The molecule has 1 aromatic carbocycles. The largest absolute Gasteiger partial charge is 0.410 e. The van der Waals surface area contributed by atoms with Gasteiger partial charge in [0.05, 0.1) is 32.5 Å². The van der Waals surface area contributed by atoms with Gasteiger partial charge in [-0.2, -0.15) is 0 Å². The lowest BCUT2D eigenvalue weighted by atomic mass is 9.71. The molecule has 1 saturated heterocycles. The third-order valence-electron chi connectivity index (χ3n) is 10.2. The lowest BCUT2D eigenvalue weighted by Crippen LogP contribution is -2.44. The van der Waals surface area contributed by atoms with E-state index in [1.807, 2.05) is 0 Å². The normalized spacial score (nSPS) is 22.8. The zero-order valence-corrected chi connectivity index (χ0v) is 28.7. The maximum atomic E-state index is 12.3. The van der Waals surface area contributed by atoms with Gasteiger partial charge >= 0.3 is 0 Å². The number of benzene rings is 1. The minimum absolute atomic E-state index is 0.0547. The number of aliphatic hydroxyl groups excluding tert-OH is 1. The van der Waals surface area contributed by atoms with Gasteiger partial charge < -0.3 is 19.0 Å². The molecule has 0 spiro atoms. The van der Waals surface area contributed by atoms with E-state index in [0.29, 0.717) is 13.2 Å². The van der Waals surface area contributed by atoms with E-state index in [4.69, 9.17) is 18.9 Å². The number of rotatable bonds is 7. The number of pyridine rings is 1. The van der Waals surface area contributed by atoms with E-state index >= 15 is 0 Å². The molecule has 2 aromatic rings. The molecular weight excluding hydrogens is 538 g/mol. The molecule has 1 N–H and O–H groups in total. The van der Waals surface area contributed by atoms with E-state index < -0.39 is 14.4 Å². The summed E-state index contributed by atoms with van der Waals surface area (Å²) in [6.45, 7) is 25.7. The Morgan fingerprint density at radius 1 is 1.05 bits per heavy atom. The molecule has 0 amide bonds. The summed E-state index contributed by atoms with van der Waals surface area (Å²) in [6, 6.07) is 8.53. The third-order valence-corrected chi connectivity index (χ3v) is 14.7. The van der Waals surface area contributed by atoms with Gasteiger partial charge in [0, 0.05) is 27.9 Å². The minimum atomic E-state index is -2.11. The van der Waals surface area contributed by atoms with Gasteiger partial charge in [-0.3, -0.25) is 4.98 Å². The highest BCUT2D eigenvalue weighted by molar-refractivity contribution is 6.74. The minimum Gasteiger partial charge on any atom is -0.410 e. The van der Waals surface area contributed by atoms with Crippen molar-refractivity contribution >= 4 is 13.9 Å². The fraction of sp³-hybridized carbons (Fsp3) is 0.639. The summed E-state index contributed by atoms with van der Waals surface area (Å²) < 4.78 is 18.6. The van der Waals surface area contributed by atoms with Crippen LogP contribution in [-0.4, -0.2) is 44.8 Å². The van der Waals surface area contributed by atoms with Crippen molar-refractivity contribution in [3.8, 4) is 0 Å². The predicted octanol–water partition coefficient (Wildman–Crippen LogP) is 8.41. The van der Waals surface area contributed by atoms with Crippen molar-refractivity contribution in [2.75, 3.05) is 26.4 Å². The fourth-order valence-corrected chi connectivity index (χ4v) is 7.82.